The molecule has 0 aliphatic heterocycles. The first-order valence-electron chi connectivity index (χ1n) is 13.9. The van der Waals surface area contributed by atoms with Crippen LogP contribution in [0.15, 0.2) is 114 Å². The van der Waals surface area contributed by atoms with Crippen LogP contribution in [0.5, 0.6) is 0 Å². The Bertz CT molecular complexity index is 1850. The number of aromatic nitrogens is 2. The molecule has 0 aliphatic rings. The van der Waals surface area contributed by atoms with Crippen LogP contribution in [0.2, 0.25) is 0 Å². The molecule has 0 spiro atoms. The second-order valence-corrected chi connectivity index (χ2v) is 11.8. The molecule has 0 atom stereocenters. The number of sulfonamides is 1. The molecule has 43 heavy (non-hydrogen) atoms. The van der Waals surface area contributed by atoms with Gasteiger partial charge in [-0.1, -0.05) is 97.9 Å². The topological polar surface area (TPSA) is 118 Å². The number of amides is 1. The fourth-order valence-corrected chi connectivity index (χ4v) is 6.25. The predicted octanol–water partition coefficient (Wildman–Crippen LogP) is 5.96. The van der Waals surface area contributed by atoms with Crippen molar-refractivity contribution < 1.29 is 23.1 Å². The number of carboxylic acid groups (broad SMARTS) is 1. The minimum atomic E-state index is -4.17. The number of hydrogen-bond acceptors (Lipinski definition) is 5. The quantitative estimate of drug-likeness (QED) is 0.195. The number of rotatable bonds is 11. The fourth-order valence-electron chi connectivity index (χ4n) is 5.05. The van der Waals surface area contributed by atoms with Crippen LogP contribution in [-0.2, 0) is 29.4 Å². The highest BCUT2D eigenvalue weighted by Crippen LogP contribution is 2.29. The zero-order valence-corrected chi connectivity index (χ0v) is 24.4. The molecule has 0 fully saturated rings. The number of aryl methyl sites for hydroxylation is 1. The third kappa shape index (κ3) is 6.73. The highest BCUT2D eigenvalue weighted by Gasteiger charge is 2.25. The number of carboxylic acids is 1. The largest absolute Gasteiger partial charge is 0.478 e. The zero-order valence-electron chi connectivity index (χ0n) is 23.6. The highest BCUT2D eigenvalue weighted by molar-refractivity contribution is 7.90. The Morgan fingerprint density at radius 2 is 1.40 bits per heavy atom. The number of carbonyl (C=O) groups excluding carboxylic acids is 1. The Balaban J connectivity index is 1.42. The minimum Gasteiger partial charge on any atom is -0.478 e. The molecule has 0 radical (unpaired) electrons. The molecular weight excluding hydrogens is 562 g/mol. The number of carbonyl (C=O) groups is 2. The molecule has 9 heteroatoms. The molecule has 0 saturated carbocycles. The van der Waals surface area contributed by atoms with Crippen molar-refractivity contribution in [1.29, 1.82) is 0 Å². The molecule has 8 nitrogen and oxygen atoms in total. The average Bonchev–Trinajstić information content (AvgIpc) is 3.34. The Hall–Kier alpha value is -5.02. The maximum atomic E-state index is 13.2. The van der Waals surface area contributed by atoms with E-state index in [2.05, 4.69) is 4.72 Å². The van der Waals surface area contributed by atoms with E-state index in [1.807, 2.05) is 49.4 Å². The maximum Gasteiger partial charge on any atom is 0.339 e. The smallest absolute Gasteiger partial charge is 0.339 e. The maximum absolute atomic E-state index is 13.2. The molecule has 1 aromatic heterocycles. The molecule has 1 heterocycles. The van der Waals surface area contributed by atoms with E-state index in [-0.39, 0.29) is 16.0 Å². The Morgan fingerprint density at radius 3 is 2.05 bits per heavy atom. The second kappa shape index (κ2) is 12.9. The SMILES string of the molecule is CCCn1nc(Cc2ccc(-c3ccccc3S(=O)(=O)NC(=O)c3ccccc3)cc2)c(C(=O)O)c1Cc1ccccc1. The highest BCUT2D eigenvalue weighted by atomic mass is 32.2. The summed E-state index contributed by atoms with van der Waals surface area (Å²) in [6.07, 6.45) is 1.57. The Morgan fingerprint density at radius 1 is 0.791 bits per heavy atom. The molecule has 218 valence electrons. The first-order valence-corrected chi connectivity index (χ1v) is 15.4. The van der Waals surface area contributed by atoms with Gasteiger partial charge in [-0.05, 0) is 41.3 Å². The number of benzene rings is 4. The molecule has 5 rings (SSSR count). The van der Waals surface area contributed by atoms with Crippen molar-refractivity contribution in [2.45, 2.75) is 37.6 Å². The number of aromatic carboxylic acids is 1. The summed E-state index contributed by atoms with van der Waals surface area (Å²) >= 11 is 0. The Kier molecular flexibility index (Phi) is 8.82. The summed E-state index contributed by atoms with van der Waals surface area (Å²) in [6.45, 7) is 2.63. The average molecular weight is 594 g/mol. The standard InChI is InChI=1S/C34H31N3O5S/c1-2-21-37-30(23-24-11-5-3-6-12-24)32(34(39)40)29(35-37)22-25-17-19-26(20-18-25)28-15-9-10-16-31(28)43(41,42)36-33(38)27-13-7-4-8-14-27/h3-20H,2,21-23H2,1H3,(H,36,38)(H,39,40). The molecule has 0 aliphatic carbocycles. The normalized spacial score (nSPS) is 11.3. The van der Waals surface area contributed by atoms with Crippen LogP contribution in [0.4, 0.5) is 0 Å². The lowest BCUT2D eigenvalue weighted by molar-refractivity contribution is 0.0694. The van der Waals surface area contributed by atoms with Crippen LogP contribution in [0, 0.1) is 0 Å². The van der Waals surface area contributed by atoms with Crippen molar-refractivity contribution in [3.05, 3.63) is 143 Å². The Labute approximate surface area is 250 Å². The van der Waals surface area contributed by atoms with Crippen LogP contribution in [0.1, 0.15) is 56.6 Å². The summed E-state index contributed by atoms with van der Waals surface area (Å²) < 4.78 is 30.4. The third-order valence-corrected chi connectivity index (χ3v) is 8.46. The second-order valence-electron chi connectivity index (χ2n) is 10.1. The van der Waals surface area contributed by atoms with E-state index in [1.165, 1.54) is 6.07 Å². The zero-order chi connectivity index (χ0) is 30.4. The van der Waals surface area contributed by atoms with Gasteiger partial charge < -0.3 is 5.11 Å². The molecule has 4 aromatic carbocycles. The van der Waals surface area contributed by atoms with Crippen LogP contribution in [0.25, 0.3) is 11.1 Å². The summed E-state index contributed by atoms with van der Waals surface area (Å²) in [5, 5.41) is 14.9. The van der Waals surface area contributed by atoms with Crippen molar-refractivity contribution in [3.8, 4) is 11.1 Å². The lowest BCUT2D eigenvalue weighted by Gasteiger charge is -2.12. The fraction of sp³-hybridized carbons (Fsp3) is 0.147. The third-order valence-electron chi connectivity index (χ3n) is 7.07. The van der Waals surface area contributed by atoms with Crippen LogP contribution >= 0.6 is 0 Å². The van der Waals surface area contributed by atoms with Crippen molar-refractivity contribution in [3.63, 3.8) is 0 Å². The summed E-state index contributed by atoms with van der Waals surface area (Å²) in [5.74, 6) is -1.73. The van der Waals surface area contributed by atoms with E-state index in [9.17, 15) is 23.1 Å². The summed E-state index contributed by atoms with van der Waals surface area (Å²) in [5.41, 5.74) is 4.51. The van der Waals surface area contributed by atoms with Gasteiger partial charge in [0.2, 0.25) is 0 Å². The van der Waals surface area contributed by atoms with Gasteiger partial charge >= 0.3 is 5.97 Å². The molecule has 0 saturated heterocycles. The minimum absolute atomic E-state index is 0.0240. The van der Waals surface area contributed by atoms with Gasteiger partial charge in [0.05, 0.1) is 16.3 Å². The van der Waals surface area contributed by atoms with Gasteiger partial charge in [0.15, 0.2) is 0 Å². The monoisotopic (exact) mass is 593 g/mol. The van der Waals surface area contributed by atoms with E-state index >= 15 is 0 Å². The van der Waals surface area contributed by atoms with Crippen molar-refractivity contribution >= 4 is 21.9 Å². The van der Waals surface area contributed by atoms with Gasteiger partial charge in [0.1, 0.15) is 5.56 Å². The van der Waals surface area contributed by atoms with E-state index < -0.39 is 21.9 Å². The molecule has 5 aromatic rings. The molecular formula is C34H31N3O5S. The van der Waals surface area contributed by atoms with Gasteiger partial charge in [-0.3, -0.25) is 9.48 Å². The van der Waals surface area contributed by atoms with E-state index in [0.717, 1.165) is 17.5 Å². The van der Waals surface area contributed by atoms with Crippen molar-refractivity contribution in [2.24, 2.45) is 0 Å². The van der Waals surface area contributed by atoms with Crippen molar-refractivity contribution in [2.75, 3.05) is 0 Å². The van der Waals surface area contributed by atoms with Crippen molar-refractivity contribution in [1.82, 2.24) is 14.5 Å². The van der Waals surface area contributed by atoms with Gasteiger partial charge in [-0.2, -0.15) is 5.10 Å². The number of nitrogens with zero attached hydrogens (tertiary/aromatic N) is 2. The van der Waals surface area contributed by atoms with Gasteiger partial charge in [0, 0.05) is 30.5 Å². The summed E-state index contributed by atoms with van der Waals surface area (Å²) in [6, 6.07) is 31.6. The molecule has 1 amide bonds. The number of nitrogens with one attached hydrogen (secondary N) is 1. The first kappa shape index (κ1) is 29.5. The first-order chi connectivity index (χ1) is 20.8. The molecule has 2 N–H and O–H groups in total. The summed E-state index contributed by atoms with van der Waals surface area (Å²) in [7, 11) is -4.17. The van der Waals surface area contributed by atoms with E-state index in [4.69, 9.17) is 5.10 Å². The lowest BCUT2D eigenvalue weighted by Crippen LogP contribution is -2.30. The molecule has 0 unspecified atom stereocenters. The van der Waals surface area contributed by atoms with Gasteiger partial charge in [-0.25, -0.2) is 17.9 Å². The van der Waals surface area contributed by atoms with Crippen LogP contribution in [-0.4, -0.2) is 35.2 Å². The lowest BCUT2D eigenvalue weighted by atomic mass is 9.99. The number of hydrogen-bond donors (Lipinski definition) is 2. The van der Waals surface area contributed by atoms with Crippen LogP contribution in [0.3, 0.4) is 0 Å². The van der Waals surface area contributed by atoms with Crippen LogP contribution < -0.4 is 4.72 Å². The molecule has 0 bridgehead atoms. The van der Waals surface area contributed by atoms with Gasteiger partial charge in [-0.15, -0.1) is 0 Å². The van der Waals surface area contributed by atoms with E-state index in [0.29, 0.717) is 41.9 Å². The predicted molar refractivity (Wildman–Crippen MR) is 165 cm³/mol. The van der Waals surface area contributed by atoms with E-state index in [1.54, 1.807) is 65.3 Å². The summed E-state index contributed by atoms with van der Waals surface area (Å²) in [4.78, 5) is 25.0. The van der Waals surface area contributed by atoms with Gasteiger partial charge in [0.25, 0.3) is 15.9 Å².